The van der Waals surface area contributed by atoms with E-state index in [0.29, 0.717) is 10.0 Å². The minimum atomic E-state index is -0.952. The molecule has 0 saturated carbocycles. The molecule has 0 heterocycles. The maximum absolute atomic E-state index is 11.7. The highest BCUT2D eigenvalue weighted by Gasteiger charge is 2.15. The molecule has 0 unspecified atom stereocenters. The third-order valence-electron chi connectivity index (χ3n) is 4.14. The van der Waals surface area contributed by atoms with Crippen LogP contribution in [0.5, 0.6) is 0 Å². The second-order valence-corrected chi connectivity index (χ2v) is 6.54. The molecule has 4 heteroatoms. The Balaban J connectivity index is 2.03. The Hall–Kier alpha value is -1.77. The van der Waals surface area contributed by atoms with Gasteiger partial charge in [0.15, 0.2) is 0 Å². The van der Waals surface area contributed by atoms with Gasteiger partial charge in [-0.05, 0) is 66.1 Å². The van der Waals surface area contributed by atoms with Crippen molar-refractivity contribution in [1.82, 2.24) is 0 Å². The molecular formula is C19H16Cl2O2. The number of carbonyl (C=O) groups is 1. The lowest BCUT2D eigenvalue weighted by molar-refractivity contribution is -0.130. The van der Waals surface area contributed by atoms with Crippen LogP contribution < -0.4 is 0 Å². The van der Waals surface area contributed by atoms with Crippen LogP contribution in [-0.2, 0) is 17.6 Å². The Morgan fingerprint density at radius 2 is 1.70 bits per heavy atom. The third-order valence-corrected chi connectivity index (χ3v) is 4.88. The predicted molar refractivity (Wildman–Crippen MR) is 95.1 cm³/mol. The van der Waals surface area contributed by atoms with E-state index in [1.807, 2.05) is 12.1 Å². The first-order valence-corrected chi connectivity index (χ1v) is 8.32. The van der Waals surface area contributed by atoms with Crippen molar-refractivity contribution in [3.05, 3.63) is 68.7 Å². The molecule has 2 aromatic carbocycles. The number of aliphatic carboxylic acids is 1. The summed E-state index contributed by atoms with van der Waals surface area (Å²) in [5, 5.41) is 10.5. The van der Waals surface area contributed by atoms with Crippen molar-refractivity contribution in [2.75, 3.05) is 0 Å². The number of halogens is 2. The van der Waals surface area contributed by atoms with E-state index in [1.54, 1.807) is 24.3 Å². The fourth-order valence-electron chi connectivity index (χ4n) is 2.94. The van der Waals surface area contributed by atoms with Gasteiger partial charge in [-0.3, -0.25) is 0 Å². The molecule has 0 spiro atoms. The lowest BCUT2D eigenvalue weighted by Crippen LogP contribution is -2.05. The van der Waals surface area contributed by atoms with E-state index in [2.05, 4.69) is 6.07 Å². The van der Waals surface area contributed by atoms with Gasteiger partial charge in [-0.1, -0.05) is 47.5 Å². The van der Waals surface area contributed by atoms with Crippen molar-refractivity contribution < 1.29 is 9.90 Å². The Labute approximate surface area is 145 Å². The van der Waals surface area contributed by atoms with Crippen LogP contribution in [0.15, 0.2) is 36.4 Å². The van der Waals surface area contributed by atoms with E-state index in [9.17, 15) is 9.90 Å². The molecule has 2 nitrogen and oxygen atoms in total. The van der Waals surface area contributed by atoms with Crippen LogP contribution >= 0.6 is 23.2 Å². The van der Waals surface area contributed by atoms with Gasteiger partial charge in [-0.25, -0.2) is 4.79 Å². The summed E-state index contributed by atoms with van der Waals surface area (Å²) < 4.78 is 0. The SMILES string of the molecule is O=C(O)/C(=C\c1ccc(Cl)c(Cl)c1)c1ccc2c(c1)CCCC2. The van der Waals surface area contributed by atoms with Gasteiger partial charge >= 0.3 is 5.97 Å². The van der Waals surface area contributed by atoms with Gasteiger partial charge in [0.1, 0.15) is 0 Å². The fourth-order valence-corrected chi connectivity index (χ4v) is 3.24. The van der Waals surface area contributed by atoms with Crippen LogP contribution in [0, 0.1) is 0 Å². The van der Waals surface area contributed by atoms with Crippen LogP contribution in [0.2, 0.25) is 10.0 Å². The van der Waals surface area contributed by atoms with Crippen molar-refractivity contribution in [2.45, 2.75) is 25.7 Å². The molecule has 1 aliphatic rings. The molecule has 3 rings (SSSR count). The number of aryl methyl sites for hydroxylation is 2. The summed E-state index contributed by atoms with van der Waals surface area (Å²) in [6.07, 6.45) is 6.10. The van der Waals surface area contributed by atoms with Gasteiger partial charge in [0.05, 0.1) is 15.6 Å². The van der Waals surface area contributed by atoms with Crippen LogP contribution in [0.25, 0.3) is 11.6 Å². The zero-order valence-corrected chi connectivity index (χ0v) is 14.0. The minimum Gasteiger partial charge on any atom is -0.478 e. The maximum atomic E-state index is 11.7. The van der Waals surface area contributed by atoms with Crippen LogP contribution in [0.1, 0.15) is 35.1 Å². The highest BCUT2D eigenvalue weighted by molar-refractivity contribution is 6.42. The molecule has 1 aliphatic carbocycles. The number of hydrogen-bond acceptors (Lipinski definition) is 1. The molecule has 0 saturated heterocycles. The molecule has 1 N–H and O–H groups in total. The summed E-state index contributed by atoms with van der Waals surface area (Å²) in [5.41, 5.74) is 4.30. The van der Waals surface area contributed by atoms with E-state index in [1.165, 1.54) is 17.5 Å². The minimum absolute atomic E-state index is 0.261. The van der Waals surface area contributed by atoms with Crippen molar-refractivity contribution in [3.8, 4) is 0 Å². The maximum Gasteiger partial charge on any atom is 0.336 e. The molecule has 118 valence electrons. The first-order valence-electron chi connectivity index (χ1n) is 7.57. The third kappa shape index (κ3) is 3.60. The van der Waals surface area contributed by atoms with Gasteiger partial charge in [0.25, 0.3) is 0 Å². The highest BCUT2D eigenvalue weighted by atomic mass is 35.5. The first kappa shape index (κ1) is 16.1. The number of rotatable bonds is 3. The van der Waals surface area contributed by atoms with Crippen LogP contribution in [0.3, 0.4) is 0 Å². The Morgan fingerprint density at radius 3 is 2.39 bits per heavy atom. The standard InChI is InChI=1S/C19H16Cl2O2/c20-17-8-5-12(10-18(17)21)9-16(19(22)23)15-7-6-13-3-1-2-4-14(13)11-15/h5-11H,1-4H2,(H,22,23)/b16-9-. The van der Waals surface area contributed by atoms with Crippen molar-refractivity contribution >= 4 is 40.8 Å². The van der Waals surface area contributed by atoms with E-state index >= 15 is 0 Å². The quantitative estimate of drug-likeness (QED) is 0.588. The van der Waals surface area contributed by atoms with Gasteiger partial charge in [0, 0.05) is 0 Å². The summed E-state index contributed by atoms with van der Waals surface area (Å²) in [7, 11) is 0. The van der Waals surface area contributed by atoms with E-state index in [4.69, 9.17) is 23.2 Å². The number of carboxylic acids is 1. The molecule has 0 radical (unpaired) electrons. The summed E-state index contributed by atoms with van der Waals surface area (Å²) in [6.45, 7) is 0. The summed E-state index contributed by atoms with van der Waals surface area (Å²) in [5.74, 6) is -0.952. The largest absolute Gasteiger partial charge is 0.478 e. The number of hydrogen-bond donors (Lipinski definition) is 1. The number of benzene rings is 2. The zero-order chi connectivity index (χ0) is 16.4. The Bertz CT molecular complexity index is 794. The molecule has 0 amide bonds. The van der Waals surface area contributed by atoms with Crippen molar-refractivity contribution in [2.24, 2.45) is 0 Å². The first-order chi connectivity index (χ1) is 11.0. The molecule has 2 aromatic rings. The fraction of sp³-hybridized carbons (Fsp3) is 0.211. The molecule has 0 atom stereocenters. The lowest BCUT2D eigenvalue weighted by atomic mass is 9.89. The number of carboxylic acid groups (broad SMARTS) is 1. The lowest BCUT2D eigenvalue weighted by Gasteiger charge is -2.16. The Morgan fingerprint density at radius 1 is 0.957 bits per heavy atom. The highest BCUT2D eigenvalue weighted by Crippen LogP contribution is 2.28. The Kier molecular flexibility index (Phi) is 4.74. The molecule has 0 aromatic heterocycles. The molecule has 0 fully saturated rings. The number of fused-ring (bicyclic) bond motifs is 1. The zero-order valence-electron chi connectivity index (χ0n) is 12.5. The molecule has 0 aliphatic heterocycles. The van der Waals surface area contributed by atoms with Crippen LogP contribution in [-0.4, -0.2) is 11.1 Å². The van der Waals surface area contributed by atoms with Gasteiger partial charge in [-0.2, -0.15) is 0 Å². The normalized spacial score (nSPS) is 14.4. The second-order valence-electron chi connectivity index (χ2n) is 5.73. The summed E-state index contributed by atoms with van der Waals surface area (Å²) >= 11 is 11.9. The molecule has 23 heavy (non-hydrogen) atoms. The molecule has 0 bridgehead atoms. The smallest absolute Gasteiger partial charge is 0.336 e. The summed E-state index contributed by atoms with van der Waals surface area (Å²) in [6, 6.07) is 11.0. The van der Waals surface area contributed by atoms with Crippen LogP contribution in [0.4, 0.5) is 0 Å². The van der Waals surface area contributed by atoms with Crippen molar-refractivity contribution in [1.29, 1.82) is 0 Å². The average molecular weight is 347 g/mol. The second kappa shape index (κ2) is 6.77. The van der Waals surface area contributed by atoms with Crippen molar-refractivity contribution in [3.63, 3.8) is 0 Å². The monoisotopic (exact) mass is 346 g/mol. The van der Waals surface area contributed by atoms with E-state index < -0.39 is 5.97 Å². The van der Waals surface area contributed by atoms with Gasteiger partial charge in [-0.15, -0.1) is 0 Å². The predicted octanol–water partition coefficient (Wildman–Crippen LogP) is 5.50. The summed E-state index contributed by atoms with van der Waals surface area (Å²) in [4.78, 5) is 11.7. The topological polar surface area (TPSA) is 37.3 Å². The van der Waals surface area contributed by atoms with E-state index in [-0.39, 0.29) is 5.57 Å². The van der Waals surface area contributed by atoms with Gasteiger partial charge < -0.3 is 5.11 Å². The molecular weight excluding hydrogens is 331 g/mol. The van der Waals surface area contributed by atoms with Gasteiger partial charge in [0.2, 0.25) is 0 Å². The van der Waals surface area contributed by atoms with E-state index in [0.717, 1.165) is 30.4 Å². The average Bonchev–Trinajstić information content (AvgIpc) is 2.55.